The molecular formula is C24H32O4. The van der Waals surface area contributed by atoms with E-state index in [-0.39, 0.29) is 23.3 Å². The topological polar surface area (TPSA) is 52.6 Å². The first kappa shape index (κ1) is 19.5. The molecule has 0 N–H and O–H groups in total. The van der Waals surface area contributed by atoms with Crippen LogP contribution in [0.15, 0.2) is 12.1 Å². The minimum Gasteiger partial charge on any atom is -0.496 e. The third kappa shape index (κ3) is 2.96. The Morgan fingerprint density at radius 2 is 1.96 bits per heavy atom. The lowest BCUT2D eigenvalue weighted by Crippen LogP contribution is -2.45. The molecule has 0 heterocycles. The first-order valence-electron chi connectivity index (χ1n) is 10.8. The Balaban J connectivity index is 1.67. The van der Waals surface area contributed by atoms with Crippen molar-refractivity contribution in [1.82, 2.24) is 0 Å². The summed E-state index contributed by atoms with van der Waals surface area (Å²) in [6, 6.07) is 4.25. The number of aryl methyl sites for hydroxylation is 1. The Labute approximate surface area is 168 Å². The SMILES string of the molecule is CCC(=O)c1cc2c(cc1OC)CC[C@@H]1[C@@H]2CC[C@]2(C)[C@@H](OC(C)=O)CC[C@@H]12. The lowest BCUT2D eigenvalue weighted by Gasteiger charge is -2.50. The molecule has 0 unspecified atom stereocenters. The van der Waals surface area contributed by atoms with E-state index in [0.29, 0.717) is 24.2 Å². The van der Waals surface area contributed by atoms with Crippen molar-refractivity contribution in [2.45, 2.75) is 77.7 Å². The number of hydrogen-bond donors (Lipinski definition) is 0. The van der Waals surface area contributed by atoms with Crippen molar-refractivity contribution >= 4 is 11.8 Å². The molecule has 0 bridgehead atoms. The van der Waals surface area contributed by atoms with Crippen LogP contribution in [0.2, 0.25) is 0 Å². The molecule has 152 valence electrons. The van der Waals surface area contributed by atoms with Gasteiger partial charge in [-0.3, -0.25) is 9.59 Å². The summed E-state index contributed by atoms with van der Waals surface area (Å²) in [5, 5.41) is 0. The number of hydrogen-bond acceptors (Lipinski definition) is 4. The molecule has 28 heavy (non-hydrogen) atoms. The van der Waals surface area contributed by atoms with Crippen molar-refractivity contribution in [3.63, 3.8) is 0 Å². The molecule has 5 atom stereocenters. The maximum atomic E-state index is 12.5. The molecule has 0 aliphatic heterocycles. The van der Waals surface area contributed by atoms with Gasteiger partial charge in [-0.1, -0.05) is 13.8 Å². The molecule has 2 fully saturated rings. The number of carbonyl (C=O) groups is 2. The third-order valence-electron chi connectivity index (χ3n) is 7.89. The fourth-order valence-corrected chi connectivity index (χ4v) is 6.52. The molecular weight excluding hydrogens is 352 g/mol. The molecule has 0 radical (unpaired) electrons. The number of benzene rings is 1. The minimum absolute atomic E-state index is 0.0606. The number of Topliss-reactive ketones (excluding diaryl/α,β-unsaturated/α-hetero) is 1. The molecule has 3 aliphatic rings. The maximum absolute atomic E-state index is 12.5. The molecule has 4 rings (SSSR count). The van der Waals surface area contributed by atoms with Gasteiger partial charge in [-0.15, -0.1) is 0 Å². The van der Waals surface area contributed by atoms with Crippen LogP contribution in [0.3, 0.4) is 0 Å². The fraction of sp³-hybridized carbons (Fsp3) is 0.667. The van der Waals surface area contributed by atoms with Gasteiger partial charge in [-0.25, -0.2) is 0 Å². The summed E-state index contributed by atoms with van der Waals surface area (Å²) in [6.45, 7) is 5.77. The highest BCUT2D eigenvalue weighted by Crippen LogP contribution is 2.61. The zero-order valence-corrected chi connectivity index (χ0v) is 17.5. The molecule has 0 aromatic heterocycles. The van der Waals surface area contributed by atoms with Gasteiger partial charge in [0.25, 0.3) is 0 Å². The van der Waals surface area contributed by atoms with E-state index >= 15 is 0 Å². The van der Waals surface area contributed by atoms with E-state index < -0.39 is 0 Å². The highest BCUT2D eigenvalue weighted by Gasteiger charge is 2.56. The van der Waals surface area contributed by atoms with Gasteiger partial charge in [0, 0.05) is 18.8 Å². The summed E-state index contributed by atoms with van der Waals surface area (Å²) in [4.78, 5) is 24.1. The summed E-state index contributed by atoms with van der Waals surface area (Å²) >= 11 is 0. The summed E-state index contributed by atoms with van der Waals surface area (Å²) in [5.41, 5.74) is 3.55. The Morgan fingerprint density at radius 3 is 2.64 bits per heavy atom. The van der Waals surface area contributed by atoms with Crippen LogP contribution < -0.4 is 4.74 Å². The summed E-state index contributed by atoms with van der Waals surface area (Å²) in [6.07, 6.45) is 7.08. The molecule has 4 nitrogen and oxygen atoms in total. The summed E-state index contributed by atoms with van der Waals surface area (Å²) in [5.74, 6) is 2.43. The van der Waals surface area contributed by atoms with Gasteiger partial charge >= 0.3 is 5.97 Å². The number of carbonyl (C=O) groups excluding carboxylic acids is 2. The molecule has 0 amide bonds. The molecule has 3 aliphatic carbocycles. The van der Waals surface area contributed by atoms with Crippen molar-refractivity contribution < 1.29 is 19.1 Å². The van der Waals surface area contributed by atoms with Gasteiger partial charge in [0.2, 0.25) is 0 Å². The van der Waals surface area contributed by atoms with E-state index in [2.05, 4.69) is 19.1 Å². The quantitative estimate of drug-likeness (QED) is 0.537. The number of esters is 1. The van der Waals surface area contributed by atoms with Gasteiger partial charge in [-0.05, 0) is 79.5 Å². The van der Waals surface area contributed by atoms with E-state index in [9.17, 15) is 9.59 Å². The van der Waals surface area contributed by atoms with Crippen molar-refractivity contribution in [1.29, 1.82) is 0 Å². The molecule has 2 saturated carbocycles. The number of methoxy groups -OCH3 is 1. The van der Waals surface area contributed by atoms with E-state index in [0.717, 1.165) is 43.4 Å². The lowest BCUT2D eigenvalue weighted by atomic mass is 9.55. The van der Waals surface area contributed by atoms with Crippen molar-refractivity contribution in [3.8, 4) is 5.75 Å². The normalized spacial score (nSPS) is 33.4. The average molecular weight is 385 g/mol. The van der Waals surface area contributed by atoms with Crippen LogP contribution in [0.25, 0.3) is 0 Å². The molecule has 0 spiro atoms. The Kier molecular flexibility index (Phi) is 5.01. The van der Waals surface area contributed by atoms with Gasteiger partial charge < -0.3 is 9.47 Å². The van der Waals surface area contributed by atoms with Crippen LogP contribution in [0, 0.1) is 17.3 Å². The van der Waals surface area contributed by atoms with Crippen LogP contribution in [-0.4, -0.2) is 25.0 Å². The lowest BCUT2D eigenvalue weighted by molar-refractivity contribution is -0.154. The van der Waals surface area contributed by atoms with Crippen molar-refractivity contribution in [2.24, 2.45) is 17.3 Å². The number of ether oxygens (including phenoxy) is 2. The van der Waals surface area contributed by atoms with Crippen LogP contribution >= 0.6 is 0 Å². The Hall–Kier alpha value is -1.84. The van der Waals surface area contributed by atoms with Gasteiger partial charge in [0.1, 0.15) is 11.9 Å². The van der Waals surface area contributed by atoms with Crippen LogP contribution in [0.4, 0.5) is 0 Å². The minimum atomic E-state index is -0.155. The van der Waals surface area contributed by atoms with Crippen molar-refractivity contribution in [2.75, 3.05) is 7.11 Å². The highest BCUT2D eigenvalue weighted by molar-refractivity contribution is 5.98. The average Bonchev–Trinajstić information content (AvgIpc) is 3.01. The third-order valence-corrected chi connectivity index (χ3v) is 7.89. The van der Waals surface area contributed by atoms with E-state index in [1.165, 1.54) is 24.5 Å². The number of fused-ring (bicyclic) bond motifs is 5. The predicted molar refractivity (Wildman–Crippen MR) is 108 cm³/mol. The van der Waals surface area contributed by atoms with E-state index in [1.54, 1.807) is 7.11 Å². The van der Waals surface area contributed by atoms with Gasteiger partial charge in [0.15, 0.2) is 5.78 Å². The predicted octanol–water partition coefficient (Wildman–Crippen LogP) is 5.08. The van der Waals surface area contributed by atoms with E-state index in [1.807, 2.05) is 6.92 Å². The standard InChI is InChI=1S/C24H32O4/c1-5-21(26)19-13-18-15(12-22(19)27-4)6-7-17-16(18)10-11-24(3)20(17)8-9-23(24)28-14(2)25/h12-13,16-17,20,23H,5-11H2,1-4H3/t16-,17+,20-,23-,24-/m0/s1. The first-order valence-corrected chi connectivity index (χ1v) is 10.8. The summed E-state index contributed by atoms with van der Waals surface area (Å²) < 4.78 is 11.3. The summed E-state index contributed by atoms with van der Waals surface area (Å²) in [7, 11) is 1.65. The van der Waals surface area contributed by atoms with Gasteiger partial charge in [0.05, 0.1) is 12.7 Å². The first-order chi connectivity index (χ1) is 13.4. The molecule has 0 saturated heterocycles. The highest BCUT2D eigenvalue weighted by atomic mass is 16.5. The van der Waals surface area contributed by atoms with Crippen LogP contribution in [-0.2, 0) is 16.0 Å². The van der Waals surface area contributed by atoms with Crippen molar-refractivity contribution in [3.05, 3.63) is 28.8 Å². The number of ketones is 1. The monoisotopic (exact) mass is 384 g/mol. The molecule has 1 aromatic carbocycles. The molecule has 1 aromatic rings. The zero-order chi connectivity index (χ0) is 20.1. The van der Waals surface area contributed by atoms with Gasteiger partial charge in [-0.2, -0.15) is 0 Å². The Morgan fingerprint density at radius 1 is 1.18 bits per heavy atom. The maximum Gasteiger partial charge on any atom is 0.302 e. The second-order valence-electron chi connectivity index (χ2n) is 9.16. The van der Waals surface area contributed by atoms with Crippen LogP contribution in [0.5, 0.6) is 5.75 Å². The number of rotatable bonds is 4. The largest absolute Gasteiger partial charge is 0.496 e. The van der Waals surface area contributed by atoms with Crippen LogP contribution in [0.1, 0.15) is 86.7 Å². The molecule has 4 heteroatoms. The van der Waals surface area contributed by atoms with E-state index in [4.69, 9.17) is 9.47 Å². The Bertz CT molecular complexity index is 798. The second kappa shape index (κ2) is 7.20. The second-order valence-corrected chi connectivity index (χ2v) is 9.16. The fourth-order valence-electron chi connectivity index (χ4n) is 6.52. The zero-order valence-electron chi connectivity index (χ0n) is 17.5. The smallest absolute Gasteiger partial charge is 0.302 e.